The lowest BCUT2D eigenvalue weighted by Crippen LogP contribution is -2.30. The van der Waals surface area contributed by atoms with E-state index >= 15 is 0 Å². The van der Waals surface area contributed by atoms with Crippen molar-refractivity contribution in [3.8, 4) is 11.5 Å². The molecule has 3 aromatic carbocycles. The summed E-state index contributed by atoms with van der Waals surface area (Å²) in [5.74, 6) is -0.608. The third-order valence-corrected chi connectivity index (χ3v) is 6.08. The predicted molar refractivity (Wildman–Crippen MR) is 129 cm³/mol. The van der Waals surface area contributed by atoms with E-state index in [-0.39, 0.29) is 24.2 Å². The van der Waals surface area contributed by atoms with Crippen molar-refractivity contribution in [2.45, 2.75) is 31.4 Å². The number of fused-ring (bicyclic) bond motifs is 1. The van der Waals surface area contributed by atoms with Crippen molar-refractivity contribution in [3.63, 3.8) is 0 Å². The van der Waals surface area contributed by atoms with Crippen molar-refractivity contribution in [1.29, 1.82) is 0 Å². The van der Waals surface area contributed by atoms with Crippen LogP contribution in [0, 0.1) is 11.6 Å². The van der Waals surface area contributed by atoms with Crippen molar-refractivity contribution < 1.29 is 23.0 Å². The summed E-state index contributed by atoms with van der Waals surface area (Å²) in [7, 11) is 0. The number of nitrogens with zero attached hydrogens (tertiary/aromatic N) is 2. The third-order valence-electron chi connectivity index (χ3n) is 5.79. The summed E-state index contributed by atoms with van der Waals surface area (Å²) < 4.78 is 38.7. The Bertz CT molecular complexity index is 1310. The average molecular weight is 498 g/mol. The maximum Gasteiger partial charge on any atom is 0.342 e. The van der Waals surface area contributed by atoms with Crippen LogP contribution in [0.15, 0.2) is 65.8 Å². The smallest absolute Gasteiger partial charge is 0.342 e. The molecule has 0 spiro atoms. The molecule has 180 valence electrons. The number of ether oxygens (including phenoxy) is 2. The molecule has 2 aliphatic heterocycles. The maximum absolute atomic E-state index is 13.6. The fourth-order valence-corrected chi connectivity index (χ4v) is 4.40. The summed E-state index contributed by atoms with van der Waals surface area (Å²) in [4.78, 5) is 13.0. The summed E-state index contributed by atoms with van der Waals surface area (Å²) in [6, 6.07) is 14.8. The van der Waals surface area contributed by atoms with Crippen molar-refractivity contribution >= 4 is 29.0 Å². The fourth-order valence-electron chi connectivity index (χ4n) is 4.20. The highest BCUT2D eigenvalue weighted by Gasteiger charge is 2.37. The van der Waals surface area contributed by atoms with Gasteiger partial charge in [-0.3, -0.25) is 0 Å². The number of anilines is 1. The number of hydrogen-bond acceptors (Lipinski definition) is 4. The van der Waals surface area contributed by atoms with Gasteiger partial charge in [0.2, 0.25) is 5.79 Å². The molecule has 2 amide bonds. The molecule has 0 saturated heterocycles. The topological polar surface area (TPSA) is 63.2 Å². The van der Waals surface area contributed by atoms with Crippen LogP contribution in [0.3, 0.4) is 0 Å². The highest BCUT2D eigenvalue weighted by Crippen LogP contribution is 2.44. The van der Waals surface area contributed by atoms with E-state index in [0.29, 0.717) is 28.5 Å². The summed E-state index contributed by atoms with van der Waals surface area (Å²) >= 11 is 6.22. The van der Waals surface area contributed by atoms with Gasteiger partial charge >= 0.3 is 6.03 Å². The van der Waals surface area contributed by atoms with Gasteiger partial charge < -0.3 is 14.8 Å². The molecule has 1 atom stereocenters. The van der Waals surface area contributed by atoms with Gasteiger partial charge in [0.1, 0.15) is 11.6 Å². The lowest BCUT2D eigenvalue weighted by Gasteiger charge is -2.16. The first-order valence-electron chi connectivity index (χ1n) is 11.0. The van der Waals surface area contributed by atoms with Gasteiger partial charge in [0.15, 0.2) is 11.5 Å². The SMILES string of the molecule is CC1(C)Oc2cc(C3=NN(C(=O)Nc4ccc(F)cc4)CC3c3ccc(F)cc3)cc(CCl)c2O1. The molecule has 0 saturated carbocycles. The van der Waals surface area contributed by atoms with Crippen molar-refractivity contribution in [2.75, 3.05) is 11.9 Å². The maximum atomic E-state index is 13.6. The van der Waals surface area contributed by atoms with Crippen molar-refractivity contribution in [2.24, 2.45) is 5.10 Å². The van der Waals surface area contributed by atoms with Gasteiger partial charge in [0, 0.05) is 36.6 Å². The van der Waals surface area contributed by atoms with Crippen LogP contribution in [-0.4, -0.2) is 29.1 Å². The molecule has 1 N–H and O–H groups in total. The second-order valence-electron chi connectivity index (χ2n) is 8.81. The minimum absolute atomic E-state index is 0.193. The molecule has 35 heavy (non-hydrogen) atoms. The highest BCUT2D eigenvalue weighted by molar-refractivity contribution is 6.17. The number of urea groups is 1. The molecular weight excluding hydrogens is 476 g/mol. The number of carbonyl (C=O) groups excluding carboxylic acids is 1. The van der Waals surface area contributed by atoms with Crippen molar-refractivity contribution in [3.05, 3.63) is 89.0 Å². The number of hydrazone groups is 1. The first-order chi connectivity index (χ1) is 16.7. The first kappa shape index (κ1) is 23.1. The van der Waals surface area contributed by atoms with Crippen LogP contribution in [0.25, 0.3) is 0 Å². The van der Waals surface area contributed by atoms with Crippen LogP contribution in [0.2, 0.25) is 0 Å². The zero-order chi connectivity index (χ0) is 24.7. The van der Waals surface area contributed by atoms with Crippen LogP contribution in [-0.2, 0) is 5.88 Å². The van der Waals surface area contributed by atoms with E-state index in [4.69, 9.17) is 21.1 Å². The predicted octanol–water partition coefficient (Wildman–Crippen LogP) is 6.25. The summed E-state index contributed by atoms with van der Waals surface area (Å²) in [5.41, 5.74) is 3.29. The number of nitrogens with one attached hydrogen (secondary N) is 1. The number of halogens is 3. The zero-order valence-electron chi connectivity index (χ0n) is 19.0. The van der Waals surface area contributed by atoms with Gasteiger partial charge in [0.05, 0.1) is 18.1 Å². The molecule has 0 radical (unpaired) electrons. The summed E-state index contributed by atoms with van der Waals surface area (Å²) in [5, 5.41) is 8.65. The van der Waals surface area contributed by atoms with E-state index < -0.39 is 17.6 Å². The van der Waals surface area contributed by atoms with Gasteiger partial charge in [-0.05, 0) is 54.1 Å². The molecule has 6 nitrogen and oxygen atoms in total. The number of alkyl halides is 1. The average Bonchev–Trinajstić information content (AvgIpc) is 3.40. The number of benzene rings is 3. The van der Waals surface area contributed by atoms with Crippen LogP contribution >= 0.6 is 11.6 Å². The Balaban J connectivity index is 1.52. The van der Waals surface area contributed by atoms with Gasteiger partial charge in [-0.2, -0.15) is 5.10 Å². The van der Waals surface area contributed by atoms with Crippen LogP contribution in [0.5, 0.6) is 11.5 Å². The van der Waals surface area contributed by atoms with Gasteiger partial charge in [-0.1, -0.05) is 12.1 Å². The number of hydrogen-bond donors (Lipinski definition) is 1. The second-order valence-corrected chi connectivity index (χ2v) is 9.08. The largest absolute Gasteiger partial charge is 0.449 e. The molecule has 0 bridgehead atoms. The lowest BCUT2D eigenvalue weighted by atomic mass is 9.90. The van der Waals surface area contributed by atoms with Crippen molar-refractivity contribution in [1.82, 2.24) is 5.01 Å². The molecule has 0 aromatic heterocycles. The standard InChI is InChI=1S/C26H22ClF2N3O3/c1-26(2)34-22-12-16(11-17(13-27)24(22)35-26)23-21(15-3-5-18(28)6-4-15)14-32(31-23)25(33)30-20-9-7-19(29)8-10-20/h3-12,21H,13-14H2,1-2H3,(H,30,33). The Labute approximate surface area is 206 Å². The monoisotopic (exact) mass is 497 g/mol. The third kappa shape index (κ3) is 4.66. The Morgan fingerprint density at radius 3 is 2.40 bits per heavy atom. The van der Waals surface area contributed by atoms with Crippen LogP contribution in [0.1, 0.15) is 36.5 Å². The Hall–Kier alpha value is -3.65. The Morgan fingerprint density at radius 1 is 1.09 bits per heavy atom. The normalized spacial score (nSPS) is 17.9. The number of carbonyl (C=O) groups is 1. The molecular formula is C26H22ClF2N3O3. The molecule has 3 aromatic rings. The Kier molecular flexibility index (Phi) is 5.84. The minimum Gasteiger partial charge on any atom is -0.449 e. The molecule has 9 heteroatoms. The van der Waals surface area contributed by atoms with E-state index in [2.05, 4.69) is 10.4 Å². The molecule has 0 aliphatic carbocycles. The molecule has 0 fully saturated rings. The second kappa shape index (κ2) is 8.85. The van der Waals surface area contributed by atoms with E-state index in [1.165, 1.54) is 41.4 Å². The van der Waals surface area contributed by atoms with Gasteiger partial charge in [0.25, 0.3) is 0 Å². The van der Waals surface area contributed by atoms with E-state index in [1.54, 1.807) is 26.0 Å². The first-order valence-corrected chi connectivity index (χ1v) is 11.6. The summed E-state index contributed by atoms with van der Waals surface area (Å²) in [6.07, 6.45) is 0. The zero-order valence-corrected chi connectivity index (χ0v) is 19.8. The summed E-state index contributed by atoms with van der Waals surface area (Å²) in [6.45, 7) is 3.84. The molecule has 1 unspecified atom stereocenters. The quantitative estimate of drug-likeness (QED) is 0.433. The van der Waals surface area contributed by atoms with E-state index in [9.17, 15) is 13.6 Å². The van der Waals surface area contributed by atoms with Crippen LogP contribution in [0.4, 0.5) is 19.3 Å². The molecule has 5 rings (SSSR count). The Morgan fingerprint density at radius 2 is 1.74 bits per heavy atom. The molecule has 2 aliphatic rings. The van der Waals surface area contributed by atoms with Crippen LogP contribution < -0.4 is 14.8 Å². The highest BCUT2D eigenvalue weighted by atomic mass is 35.5. The fraction of sp³-hybridized carbons (Fsp3) is 0.231. The van der Waals surface area contributed by atoms with Gasteiger partial charge in [-0.15, -0.1) is 11.6 Å². The van der Waals surface area contributed by atoms with Gasteiger partial charge in [-0.25, -0.2) is 18.6 Å². The lowest BCUT2D eigenvalue weighted by molar-refractivity contribution is -0.0434. The molecule has 2 heterocycles. The van der Waals surface area contributed by atoms with E-state index in [1.807, 2.05) is 12.1 Å². The number of rotatable bonds is 4. The van der Waals surface area contributed by atoms with E-state index in [0.717, 1.165) is 11.1 Å². The number of amides is 2. The minimum atomic E-state index is -0.837.